The lowest BCUT2D eigenvalue weighted by Gasteiger charge is -2.22. The van der Waals surface area contributed by atoms with Gasteiger partial charge in [-0.3, -0.25) is 0 Å². The number of nitrogens with zero attached hydrogens (tertiary/aromatic N) is 1. The van der Waals surface area contributed by atoms with Gasteiger partial charge in [0.05, 0.1) is 0 Å². The fourth-order valence-corrected chi connectivity index (χ4v) is 1.57. The molecule has 0 aliphatic heterocycles. The summed E-state index contributed by atoms with van der Waals surface area (Å²) in [7, 11) is 0. The Labute approximate surface area is 89.3 Å². The van der Waals surface area contributed by atoms with Crippen molar-refractivity contribution in [2.75, 3.05) is 5.73 Å². The summed E-state index contributed by atoms with van der Waals surface area (Å²) in [6.45, 7) is 6.61. The first-order valence-corrected chi connectivity index (χ1v) is 5.19. The summed E-state index contributed by atoms with van der Waals surface area (Å²) in [5, 5.41) is 0. The Kier molecular flexibility index (Phi) is 2.18. The normalized spacial score (nSPS) is 12.2. The highest BCUT2D eigenvalue weighted by atomic mass is 16.4. The van der Waals surface area contributed by atoms with Crippen molar-refractivity contribution in [3.8, 4) is 0 Å². The van der Waals surface area contributed by atoms with E-state index in [9.17, 15) is 0 Å². The van der Waals surface area contributed by atoms with E-state index in [1.165, 1.54) is 5.56 Å². The van der Waals surface area contributed by atoms with Gasteiger partial charge in [0.25, 0.3) is 6.01 Å². The molecule has 1 aromatic heterocycles. The van der Waals surface area contributed by atoms with Crippen LogP contribution >= 0.6 is 0 Å². The van der Waals surface area contributed by atoms with Crippen molar-refractivity contribution < 1.29 is 4.42 Å². The number of hydrogen-bond donors (Lipinski definition) is 1. The zero-order valence-electron chi connectivity index (χ0n) is 9.37. The van der Waals surface area contributed by atoms with Gasteiger partial charge in [-0.05, 0) is 29.5 Å². The Morgan fingerprint density at radius 2 is 2.13 bits per heavy atom. The number of anilines is 1. The highest BCUT2D eigenvalue weighted by Gasteiger charge is 2.19. The second-order valence-corrected chi connectivity index (χ2v) is 4.47. The van der Waals surface area contributed by atoms with Gasteiger partial charge in [-0.1, -0.05) is 26.8 Å². The van der Waals surface area contributed by atoms with Crippen LogP contribution in [0.3, 0.4) is 0 Å². The van der Waals surface area contributed by atoms with Crippen molar-refractivity contribution in [1.29, 1.82) is 0 Å². The van der Waals surface area contributed by atoms with E-state index in [2.05, 4.69) is 31.8 Å². The SMILES string of the molecule is CCC(C)(C)c1ccc2nc(N)oc2c1. The monoisotopic (exact) mass is 204 g/mol. The zero-order valence-corrected chi connectivity index (χ0v) is 9.37. The van der Waals surface area contributed by atoms with Crippen molar-refractivity contribution >= 4 is 17.1 Å². The second kappa shape index (κ2) is 3.26. The van der Waals surface area contributed by atoms with Gasteiger partial charge in [-0.2, -0.15) is 4.98 Å². The number of hydrogen-bond acceptors (Lipinski definition) is 3. The van der Waals surface area contributed by atoms with Gasteiger partial charge in [0.15, 0.2) is 5.58 Å². The van der Waals surface area contributed by atoms with Gasteiger partial charge < -0.3 is 10.2 Å². The minimum absolute atomic E-state index is 0.162. The third-order valence-corrected chi connectivity index (χ3v) is 3.07. The number of benzene rings is 1. The highest BCUT2D eigenvalue weighted by molar-refractivity contribution is 5.75. The fraction of sp³-hybridized carbons (Fsp3) is 0.417. The lowest BCUT2D eigenvalue weighted by molar-refractivity contribution is 0.505. The van der Waals surface area contributed by atoms with Crippen LogP contribution in [0.5, 0.6) is 0 Å². The highest BCUT2D eigenvalue weighted by Crippen LogP contribution is 2.29. The van der Waals surface area contributed by atoms with Gasteiger partial charge in [-0.15, -0.1) is 0 Å². The van der Waals surface area contributed by atoms with Crippen LogP contribution in [0.2, 0.25) is 0 Å². The predicted octanol–water partition coefficient (Wildman–Crippen LogP) is 3.10. The minimum Gasteiger partial charge on any atom is -0.424 e. The molecule has 0 unspecified atom stereocenters. The van der Waals surface area contributed by atoms with Gasteiger partial charge in [0.1, 0.15) is 5.52 Å². The Morgan fingerprint density at radius 3 is 2.80 bits per heavy atom. The van der Waals surface area contributed by atoms with Crippen LogP contribution in [0.15, 0.2) is 22.6 Å². The topological polar surface area (TPSA) is 52.0 Å². The third kappa shape index (κ3) is 1.69. The average Bonchev–Trinajstić information content (AvgIpc) is 2.56. The molecule has 1 aromatic carbocycles. The van der Waals surface area contributed by atoms with E-state index in [1.54, 1.807) is 0 Å². The van der Waals surface area contributed by atoms with Gasteiger partial charge in [0.2, 0.25) is 0 Å². The molecule has 0 amide bonds. The summed E-state index contributed by atoms with van der Waals surface area (Å²) >= 11 is 0. The van der Waals surface area contributed by atoms with E-state index in [0.717, 1.165) is 17.5 Å². The second-order valence-electron chi connectivity index (χ2n) is 4.47. The van der Waals surface area contributed by atoms with Crippen molar-refractivity contribution in [2.24, 2.45) is 0 Å². The first-order valence-electron chi connectivity index (χ1n) is 5.19. The molecule has 0 atom stereocenters. The predicted molar refractivity (Wildman–Crippen MR) is 61.7 cm³/mol. The van der Waals surface area contributed by atoms with E-state index >= 15 is 0 Å². The Balaban J connectivity index is 2.55. The Bertz CT molecular complexity index is 485. The quantitative estimate of drug-likeness (QED) is 0.817. The molecule has 2 aromatic rings. The molecule has 3 nitrogen and oxygen atoms in total. The molecule has 0 fully saturated rings. The largest absolute Gasteiger partial charge is 0.424 e. The molecule has 0 bridgehead atoms. The number of aromatic nitrogens is 1. The molecule has 0 saturated heterocycles. The van der Waals surface area contributed by atoms with Crippen molar-refractivity contribution in [3.05, 3.63) is 23.8 Å². The summed E-state index contributed by atoms with van der Waals surface area (Å²) in [5.74, 6) is 0. The Hall–Kier alpha value is -1.51. The summed E-state index contributed by atoms with van der Waals surface area (Å²) in [6, 6.07) is 6.31. The number of oxazole rings is 1. The lowest BCUT2D eigenvalue weighted by Crippen LogP contribution is -2.14. The van der Waals surface area contributed by atoms with Crippen molar-refractivity contribution in [2.45, 2.75) is 32.6 Å². The Morgan fingerprint density at radius 1 is 1.40 bits per heavy atom. The van der Waals surface area contributed by atoms with Crippen LogP contribution < -0.4 is 5.73 Å². The smallest absolute Gasteiger partial charge is 0.292 e. The van der Waals surface area contributed by atoms with Crippen LogP contribution in [0, 0.1) is 0 Å². The first kappa shape index (κ1) is 10.0. The average molecular weight is 204 g/mol. The number of nitrogens with two attached hydrogens (primary N) is 1. The standard InChI is InChI=1S/C12H16N2O/c1-4-12(2,3)8-5-6-9-10(7-8)15-11(13)14-9/h5-7H,4H2,1-3H3,(H2,13,14). The van der Waals surface area contributed by atoms with E-state index in [0.29, 0.717) is 0 Å². The molecular weight excluding hydrogens is 188 g/mol. The molecule has 80 valence electrons. The van der Waals surface area contributed by atoms with Gasteiger partial charge in [-0.25, -0.2) is 0 Å². The van der Waals surface area contributed by atoms with E-state index in [4.69, 9.17) is 10.2 Å². The number of rotatable bonds is 2. The fourth-order valence-electron chi connectivity index (χ4n) is 1.57. The molecule has 0 aliphatic rings. The van der Waals surface area contributed by atoms with E-state index in [-0.39, 0.29) is 11.4 Å². The summed E-state index contributed by atoms with van der Waals surface area (Å²) < 4.78 is 5.31. The molecule has 0 saturated carbocycles. The number of fused-ring (bicyclic) bond motifs is 1. The molecule has 1 heterocycles. The van der Waals surface area contributed by atoms with Crippen LogP contribution in [-0.4, -0.2) is 4.98 Å². The minimum atomic E-state index is 0.162. The molecular formula is C12H16N2O. The van der Waals surface area contributed by atoms with Crippen LogP contribution in [0.1, 0.15) is 32.8 Å². The summed E-state index contributed by atoms with van der Waals surface area (Å²) in [6.07, 6.45) is 1.09. The molecule has 15 heavy (non-hydrogen) atoms. The number of nitrogen functional groups attached to an aromatic ring is 1. The zero-order chi connectivity index (χ0) is 11.1. The summed E-state index contributed by atoms with van der Waals surface area (Å²) in [5.41, 5.74) is 8.52. The van der Waals surface area contributed by atoms with Crippen molar-refractivity contribution in [3.63, 3.8) is 0 Å². The van der Waals surface area contributed by atoms with Crippen LogP contribution in [-0.2, 0) is 5.41 Å². The first-order chi connectivity index (χ1) is 7.03. The molecule has 2 N–H and O–H groups in total. The molecule has 0 aliphatic carbocycles. The maximum atomic E-state index is 5.50. The summed E-state index contributed by atoms with van der Waals surface area (Å²) in [4.78, 5) is 4.07. The molecule has 0 spiro atoms. The molecule has 2 rings (SSSR count). The van der Waals surface area contributed by atoms with Crippen LogP contribution in [0.25, 0.3) is 11.1 Å². The van der Waals surface area contributed by atoms with E-state index < -0.39 is 0 Å². The maximum absolute atomic E-state index is 5.50. The van der Waals surface area contributed by atoms with E-state index in [1.807, 2.05) is 12.1 Å². The third-order valence-electron chi connectivity index (χ3n) is 3.07. The van der Waals surface area contributed by atoms with Gasteiger partial charge >= 0.3 is 0 Å². The van der Waals surface area contributed by atoms with Crippen LogP contribution in [0.4, 0.5) is 6.01 Å². The lowest BCUT2D eigenvalue weighted by atomic mass is 9.82. The van der Waals surface area contributed by atoms with Crippen molar-refractivity contribution in [1.82, 2.24) is 4.98 Å². The molecule has 3 heteroatoms. The molecule has 0 radical (unpaired) electrons. The van der Waals surface area contributed by atoms with Gasteiger partial charge in [0, 0.05) is 0 Å². The maximum Gasteiger partial charge on any atom is 0.292 e.